The van der Waals surface area contributed by atoms with Crippen LogP contribution in [-0.2, 0) is 4.79 Å². The van der Waals surface area contributed by atoms with Crippen LogP contribution in [0.25, 0.3) is 5.82 Å². The van der Waals surface area contributed by atoms with E-state index in [1.807, 2.05) is 19.2 Å². The summed E-state index contributed by atoms with van der Waals surface area (Å²) in [6, 6.07) is 5.43. The average molecular weight is 309 g/mol. The third-order valence-corrected chi connectivity index (χ3v) is 3.46. The van der Waals surface area contributed by atoms with Crippen molar-refractivity contribution in [1.29, 1.82) is 0 Å². The standard InChI is InChI=1S/C12H13BrN4O/c1-2-10(13)12(18)16-9-4-5-11(14-8-9)17-7-3-6-15-17/h3-8,10H,2H2,1H3,(H,16,18). The molecule has 6 heteroatoms. The lowest BCUT2D eigenvalue weighted by molar-refractivity contribution is -0.115. The van der Waals surface area contributed by atoms with Crippen LogP contribution in [0.1, 0.15) is 13.3 Å². The second-order valence-corrected chi connectivity index (χ2v) is 4.83. The van der Waals surface area contributed by atoms with Gasteiger partial charge >= 0.3 is 0 Å². The normalized spacial score (nSPS) is 12.1. The average Bonchev–Trinajstić information content (AvgIpc) is 2.92. The molecule has 0 aliphatic rings. The van der Waals surface area contributed by atoms with Crippen LogP contribution in [0.3, 0.4) is 0 Å². The summed E-state index contributed by atoms with van der Waals surface area (Å²) in [5.74, 6) is 0.648. The number of nitrogens with zero attached hydrogens (tertiary/aromatic N) is 3. The van der Waals surface area contributed by atoms with Gasteiger partial charge in [0.1, 0.15) is 0 Å². The van der Waals surface area contributed by atoms with Gasteiger partial charge in [-0.15, -0.1) is 0 Å². The number of carbonyl (C=O) groups excluding carboxylic acids is 1. The molecule has 5 nitrogen and oxygen atoms in total. The minimum Gasteiger partial charge on any atom is -0.324 e. The zero-order chi connectivity index (χ0) is 13.0. The highest BCUT2D eigenvalue weighted by Gasteiger charge is 2.12. The molecule has 2 rings (SSSR count). The molecule has 2 aromatic rings. The van der Waals surface area contributed by atoms with Gasteiger partial charge in [0.15, 0.2) is 5.82 Å². The monoisotopic (exact) mass is 308 g/mol. The largest absolute Gasteiger partial charge is 0.324 e. The summed E-state index contributed by atoms with van der Waals surface area (Å²) >= 11 is 3.30. The van der Waals surface area contributed by atoms with Crippen LogP contribution in [0.4, 0.5) is 5.69 Å². The second kappa shape index (κ2) is 5.77. The quantitative estimate of drug-likeness (QED) is 0.882. The van der Waals surface area contributed by atoms with Gasteiger partial charge in [0.25, 0.3) is 0 Å². The van der Waals surface area contributed by atoms with Crippen molar-refractivity contribution in [1.82, 2.24) is 14.8 Å². The Morgan fingerprint density at radius 2 is 2.39 bits per heavy atom. The number of pyridine rings is 1. The zero-order valence-electron chi connectivity index (χ0n) is 9.88. The fourth-order valence-electron chi connectivity index (χ4n) is 1.41. The molecule has 0 aliphatic carbocycles. The lowest BCUT2D eigenvalue weighted by Gasteiger charge is -2.08. The van der Waals surface area contributed by atoms with Crippen LogP contribution in [0, 0.1) is 0 Å². The lowest BCUT2D eigenvalue weighted by Crippen LogP contribution is -2.22. The third-order valence-electron chi connectivity index (χ3n) is 2.40. The minimum atomic E-state index is -0.178. The Balaban J connectivity index is 2.06. The van der Waals surface area contributed by atoms with Gasteiger partial charge in [-0.25, -0.2) is 9.67 Å². The highest BCUT2D eigenvalue weighted by molar-refractivity contribution is 9.10. The van der Waals surface area contributed by atoms with Gasteiger partial charge < -0.3 is 5.32 Å². The van der Waals surface area contributed by atoms with E-state index >= 15 is 0 Å². The first kappa shape index (κ1) is 12.8. The van der Waals surface area contributed by atoms with Crippen molar-refractivity contribution in [3.05, 3.63) is 36.8 Å². The van der Waals surface area contributed by atoms with Gasteiger partial charge in [-0.3, -0.25) is 4.79 Å². The minimum absolute atomic E-state index is 0.0638. The summed E-state index contributed by atoms with van der Waals surface area (Å²) < 4.78 is 1.66. The number of nitrogens with one attached hydrogen (secondary N) is 1. The number of aromatic nitrogens is 3. The Morgan fingerprint density at radius 1 is 1.56 bits per heavy atom. The Labute approximate surface area is 113 Å². The molecule has 0 saturated carbocycles. The predicted molar refractivity (Wildman–Crippen MR) is 73.0 cm³/mol. The molecule has 0 aliphatic heterocycles. The molecule has 1 N–H and O–H groups in total. The second-order valence-electron chi connectivity index (χ2n) is 3.72. The maximum Gasteiger partial charge on any atom is 0.238 e. The molecule has 94 valence electrons. The zero-order valence-corrected chi connectivity index (χ0v) is 11.5. The molecule has 1 amide bonds. The van der Waals surface area contributed by atoms with Crippen LogP contribution in [-0.4, -0.2) is 25.5 Å². The van der Waals surface area contributed by atoms with Gasteiger partial charge in [-0.2, -0.15) is 5.10 Å². The molecule has 0 bridgehead atoms. The van der Waals surface area contributed by atoms with Gasteiger partial charge in [0.2, 0.25) is 5.91 Å². The van der Waals surface area contributed by atoms with Crippen LogP contribution in [0.15, 0.2) is 36.8 Å². The Hall–Kier alpha value is -1.69. The fraction of sp³-hybridized carbons (Fsp3) is 0.250. The smallest absolute Gasteiger partial charge is 0.238 e. The molecule has 0 spiro atoms. The van der Waals surface area contributed by atoms with Crippen LogP contribution < -0.4 is 5.32 Å². The summed E-state index contributed by atoms with van der Waals surface area (Å²) in [6.07, 6.45) is 5.86. The summed E-state index contributed by atoms with van der Waals surface area (Å²) in [5, 5.41) is 6.87. The van der Waals surface area contributed by atoms with Gasteiger partial charge in [-0.05, 0) is 24.6 Å². The van der Waals surface area contributed by atoms with Crippen molar-refractivity contribution in [3.8, 4) is 5.82 Å². The van der Waals surface area contributed by atoms with Crippen molar-refractivity contribution in [2.75, 3.05) is 5.32 Å². The number of amides is 1. The molecule has 1 atom stereocenters. The summed E-state index contributed by atoms with van der Waals surface area (Å²) in [5.41, 5.74) is 0.675. The lowest BCUT2D eigenvalue weighted by atomic mass is 10.3. The first-order chi connectivity index (χ1) is 8.70. The molecule has 2 aromatic heterocycles. The number of halogens is 1. The highest BCUT2D eigenvalue weighted by Crippen LogP contribution is 2.12. The van der Waals surface area contributed by atoms with Gasteiger partial charge in [0, 0.05) is 12.4 Å². The fourth-order valence-corrected chi connectivity index (χ4v) is 1.52. The highest BCUT2D eigenvalue weighted by atomic mass is 79.9. The first-order valence-electron chi connectivity index (χ1n) is 5.61. The molecule has 1 unspecified atom stereocenters. The molecule has 0 radical (unpaired) electrons. The molecular weight excluding hydrogens is 296 g/mol. The predicted octanol–water partition coefficient (Wildman–Crippen LogP) is 2.38. The molecule has 0 aromatic carbocycles. The topological polar surface area (TPSA) is 59.8 Å². The number of alkyl halides is 1. The summed E-state index contributed by atoms with van der Waals surface area (Å²) in [4.78, 5) is 15.7. The van der Waals surface area contributed by atoms with Crippen LogP contribution in [0.5, 0.6) is 0 Å². The number of anilines is 1. The third kappa shape index (κ3) is 2.95. The van der Waals surface area contributed by atoms with E-state index in [1.165, 1.54) is 0 Å². The summed E-state index contributed by atoms with van der Waals surface area (Å²) in [7, 11) is 0. The van der Waals surface area contributed by atoms with Gasteiger partial charge in [-0.1, -0.05) is 22.9 Å². The number of rotatable bonds is 4. The van der Waals surface area contributed by atoms with E-state index in [0.29, 0.717) is 11.5 Å². The Kier molecular flexibility index (Phi) is 4.09. The number of carbonyl (C=O) groups is 1. The maximum absolute atomic E-state index is 11.7. The van der Waals surface area contributed by atoms with E-state index in [1.54, 1.807) is 29.2 Å². The van der Waals surface area contributed by atoms with Crippen molar-refractivity contribution in [3.63, 3.8) is 0 Å². The number of hydrogen-bond acceptors (Lipinski definition) is 3. The van der Waals surface area contributed by atoms with Crippen LogP contribution >= 0.6 is 15.9 Å². The maximum atomic E-state index is 11.7. The molecule has 0 saturated heterocycles. The number of hydrogen-bond donors (Lipinski definition) is 1. The van der Waals surface area contributed by atoms with E-state index in [-0.39, 0.29) is 10.7 Å². The van der Waals surface area contributed by atoms with E-state index in [0.717, 1.165) is 6.42 Å². The Bertz CT molecular complexity index is 509. The van der Waals surface area contributed by atoms with Gasteiger partial charge in [0.05, 0.1) is 16.7 Å². The van der Waals surface area contributed by atoms with E-state index in [2.05, 4.69) is 31.3 Å². The van der Waals surface area contributed by atoms with Crippen molar-refractivity contribution in [2.45, 2.75) is 18.2 Å². The molecule has 2 heterocycles. The van der Waals surface area contributed by atoms with Crippen molar-refractivity contribution in [2.24, 2.45) is 0 Å². The van der Waals surface area contributed by atoms with Crippen LogP contribution in [0.2, 0.25) is 0 Å². The molecule has 0 fully saturated rings. The Morgan fingerprint density at radius 3 is 2.94 bits per heavy atom. The molecule has 18 heavy (non-hydrogen) atoms. The van der Waals surface area contributed by atoms with Crippen molar-refractivity contribution >= 4 is 27.5 Å². The van der Waals surface area contributed by atoms with E-state index in [9.17, 15) is 4.79 Å². The van der Waals surface area contributed by atoms with E-state index in [4.69, 9.17) is 0 Å². The van der Waals surface area contributed by atoms with Crippen molar-refractivity contribution < 1.29 is 4.79 Å². The summed E-state index contributed by atoms with van der Waals surface area (Å²) in [6.45, 7) is 1.94. The molecular formula is C12H13BrN4O. The van der Waals surface area contributed by atoms with E-state index < -0.39 is 0 Å². The first-order valence-corrected chi connectivity index (χ1v) is 6.53. The SMILES string of the molecule is CCC(Br)C(=O)Nc1ccc(-n2cccn2)nc1.